The Labute approximate surface area is 187 Å². The predicted octanol–water partition coefficient (Wildman–Crippen LogP) is 4.83. The summed E-state index contributed by atoms with van der Waals surface area (Å²) in [4.78, 5) is 32.0. The number of likely N-dealkylation sites (tertiary alicyclic amines) is 1. The van der Waals surface area contributed by atoms with Crippen molar-refractivity contribution in [2.75, 3.05) is 19.6 Å². The molecule has 0 unspecified atom stereocenters. The molecular weight excluding hydrogens is 434 g/mol. The van der Waals surface area contributed by atoms with E-state index in [1.54, 1.807) is 4.90 Å². The van der Waals surface area contributed by atoms with Crippen LogP contribution in [0.4, 0.5) is 0 Å². The summed E-state index contributed by atoms with van der Waals surface area (Å²) in [6.45, 7) is 1.18. The number of rotatable bonds is 4. The Morgan fingerprint density at radius 2 is 1.87 bits per heavy atom. The second kappa shape index (κ2) is 8.32. The van der Waals surface area contributed by atoms with Crippen molar-refractivity contribution in [3.05, 3.63) is 64.3 Å². The van der Waals surface area contributed by atoms with Gasteiger partial charge in [0.05, 0.1) is 11.6 Å². The number of benzene rings is 2. The number of oxazole rings is 1. The number of aromatic nitrogens is 1. The van der Waals surface area contributed by atoms with Gasteiger partial charge in [-0.05, 0) is 31.0 Å². The molecule has 2 aromatic heterocycles. The molecule has 1 aliphatic heterocycles. The fourth-order valence-corrected chi connectivity index (χ4v) is 5.38. The van der Waals surface area contributed by atoms with E-state index in [0.717, 1.165) is 39.9 Å². The first-order valence-corrected chi connectivity index (χ1v) is 11.4. The van der Waals surface area contributed by atoms with Gasteiger partial charge in [0.2, 0.25) is 5.91 Å². The van der Waals surface area contributed by atoms with Gasteiger partial charge in [0.15, 0.2) is 11.5 Å². The predicted molar refractivity (Wildman–Crippen MR) is 122 cm³/mol. The minimum Gasteiger partial charge on any atom is -0.440 e. The summed E-state index contributed by atoms with van der Waals surface area (Å²) >= 11 is 7.69. The summed E-state index contributed by atoms with van der Waals surface area (Å²) in [5.41, 5.74) is 1.65. The van der Waals surface area contributed by atoms with Crippen molar-refractivity contribution >= 4 is 55.9 Å². The SMILES string of the molecule is O=C(NCC(=O)N1CCC(c2nc3ccccc3o2)CC1)c1sc2ccccc2c1Cl. The van der Waals surface area contributed by atoms with Crippen LogP contribution in [0.1, 0.15) is 34.3 Å². The van der Waals surface area contributed by atoms with Crippen LogP contribution in [0.25, 0.3) is 21.2 Å². The third-order valence-electron chi connectivity index (χ3n) is 5.65. The molecule has 8 heteroatoms. The minimum absolute atomic E-state index is 0.0447. The average molecular weight is 454 g/mol. The largest absolute Gasteiger partial charge is 0.440 e. The number of carbonyl (C=O) groups is 2. The van der Waals surface area contributed by atoms with Crippen molar-refractivity contribution in [2.24, 2.45) is 0 Å². The number of fused-ring (bicyclic) bond motifs is 2. The first-order valence-electron chi connectivity index (χ1n) is 10.2. The minimum atomic E-state index is -0.319. The molecule has 1 aliphatic rings. The zero-order chi connectivity index (χ0) is 21.4. The van der Waals surface area contributed by atoms with Crippen molar-refractivity contribution in [2.45, 2.75) is 18.8 Å². The second-order valence-corrected chi connectivity index (χ2v) is 9.03. The fourth-order valence-electron chi connectivity index (χ4n) is 3.95. The molecule has 4 aromatic rings. The molecule has 0 aliphatic carbocycles. The van der Waals surface area contributed by atoms with E-state index in [4.69, 9.17) is 16.0 Å². The van der Waals surface area contributed by atoms with Crippen molar-refractivity contribution in [1.82, 2.24) is 15.2 Å². The molecule has 1 saturated heterocycles. The summed E-state index contributed by atoms with van der Waals surface area (Å²) in [5.74, 6) is 0.520. The smallest absolute Gasteiger partial charge is 0.263 e. The van der Waals surface area contributed by atoms with E-state index < -0.39 is 0 Å². The molecule has 1 fully saturated rings. The third-order valence-corrected chi connectivity index (χ3v) is 7.32. The van der Waals surface area contributed by atoms with Gasteiger partial charge in [0.25, 0.3) is 5.91 Å². The van der Waals surface area contributed by atoms with Crippen molar-refractivity contribution in [3.8, 4) is 0 Å². The van der Waals surface area contributed by atoms with Crippen LogP contribution in [0, 0.1) is 0 Å². The molecule has 158 valence electrons. The highest BCUT2D eigenvalue weighted by Gasteiger charge is 2.27. The van der Waals surface area contributed by atoms with Gasteiger partial charge in [-0.25, -0.2) is 4.98 Å². The van der Waals surface area contributed by atoms with Gasteiger partial charge in [-0.3, -0.25) is 9.59 Å². The highest BCUT2D eigenvalue weighted by Crippen LogP contribution is 2.35. The number of piperidine rings is 1. The number of amides is 2. The summed E-state index contributed by atoms with van der Waals surface area (Å²) in [5, 5.41) is 4.01. The average Bonchev–Trinajstić information content (AvgIpc) is 3.39. The Morgan fingerprint density at radius 3 is 2.65 bits per heavy atom. The molecule has 2 aromatic carbocycles. The number of nitrogens with one attached hydrogen (secondary N) is 1. The molecule has 3 heterocycles. The van der Waals surface area contributed by atoms with Crippen LogP contribution < -0.4 is 5.32 Å². The Hall–Kier alpha value is -2.90. The van der Waals surface area contributed by atoms with E-state index in [2.05, 4.69) is 10.3 Å². The van der Waals surface area contributed by atoms with E-state index in [9.17, 15) is 9.59 Å². The van der Waals surface area contributed by atoms with Crippen molar-refractivity contribution in [1.29, 1.82) is 0 Å². The lowest BCUT2D eigenvalue weighted by Gasteiger charge is -2.30. The first-order chi connectivity index (χ1) is 15.1. The van der Waals surface area contributed by atoms with E-state index in [-0.39, 0.29) is 24.3 Å². The number of thiophene rings is 1. The lowest BCUT2D eigenvalue weighted by Crippen LogP contribution is -2.43. The fraction of sp³-hybridized carbons (Fsp3) is 0.261. The lowest BCUT2D eigenvalue weighted by molar-refractivity contribution is -0.131. The van der Waals surface area contributed by atoms with Gasteiger partial charge in [-0.2, -0.15) is 0 Å². The van der Waals surface area contributed by atoms with E-state index >= 15 is 0 Å². The Morgan fingerprint density at radius 1 is 1.13 bits per heavy atom. The van der Waals surface area contributed by atoms with E-state index in [1.807, 2.05) is 48.5 Å². The number of halogens is 1. The number of carbonyl (C=O) groups excluding carboxylic acids is 2. The Balaban J connectivity index is 1.17. The highest BCUT2D eigenvalue weighted by molar-refractivity contribution is 7.21. The summed E-state index contributed by atoms with van der Waals surface area (Å²) in [6.07, 6.45) is 1.57. The summed E-state index contributed by atoms with van der Waals surface area (Å²) in [7, 11) is 0. The van der Waals surface area contributed by atoms with Crippen LogP contribution in [0.3, 0.4) is 0 Å². The van der Waals surface area contributed by atoms with Crippen LogP contribution >= 0.6 is 22.9 Å². The molecule has 1 N–H and O–H groups in total. The maximum Gasteiger partial charge on any atom is 0.263 e. The van der Waals surface area contributed by atoms with Crippen LogP contribution in [-0.4, -0.2) is 41.3 Å². The Kier molecular flexibility index (Phi) is 5.38. The topological polar surface area (TPSA) is 75.4 Å². The molecule has 2 amide bonds. The summed E-state index contributed by atoms with van der Waals surface area (Å²) < 4.78 is 6.83. The highest BCUT2D eigenvalue weighted by atomic mass is 35.5. The first kappa shape index (κ1) is 20.0. The number of hydrogen-bond acceptors (Lipinski definition) is 5. The van der Waals surface area contributed by atoms with Crippen molar-refractivity contribution in [3.63, 3.8) is 0 Å². The van der Waals surface area contributed by atoms with Crippen LogP contribution in [0.5, 0.6) is 0 Å². The lowest BCUT2D eigenvalue weighted by atomic mass is 9.97. The molecule has 0 atom stereocenters. The van der Waals surface area contributed by atoms with Gasteiger partial charge in [0, 0.05) is 29.1 Å². The number of para-hydroxylation sites is 2. The number of nitrogens with zero attached hydrogens (tertiary/aromatic N) is 2. The molecule has 0 saturated carbocycles. The quantitative estimate of drug-likeness (QED) is 0.480. The maximum atomic E-state index is 12.6. The second-order valence-electron chi connectivity index (χ2n) is 7.60. The summed E-state index contributed by atoms with van der Waals surface area (Å²) in [6, 6.07) is 15.3. The number of hydrogen-bond donors (Lipinski definition) is 1. The van der Waals surface area contributed by atoms with E-state index in [1.165, 1.54) is 11.3 Å². The molecule has 5 rings (SSSR count). The monoisotopic (exact) mass is 453 g/mol. The Bertz CT molecular complexity index is 1240. The van der Waals surface area contributed by atoms with Gasteiger partial charge in [0.1, 0.15) is 10.4 Å². The third kappa shape index (κ3) is 3.91. The standard InChI is InChI=1S/C23H20ClN3O3S/c24-20-15-5-1-4-8-18(15)31-21(20)22(29)25-13-19(28)27-11-9-14(10-12-27)23-26-16-6-2-3-7-17(16)30-23/h1-8,14H,9-13H2,(H,25,29). The van der Waals surface area contributed by atoms with Gasteiger partial charge < -0.3 is 14.6 Å². The van der Waals surface area contributed by atoms with E-state index in [0.29, 0.717) is 23.0 Å². The normalized spacial score (nSPS) is 14.9. The van der Waals surface area contributed by atoms with Gasteiger partial charge in [-0.1, -0.05) is 41.9 Å². The molecule has 0 spiro atoms. The maximum absolute atomic E-state index is 12.6. The molecule has 0 bridgehead atoms. The zero-order valence-electron chi connectivity index (χ0n) is 16.6. The van der Waals surface area contributed by atoms with Crippen LogP contribution in [0.2, 0.25) is 5.02 Å². The molecule has 31 heavy (non-hydrogen) atoms. The molecular formula is C23H20ClN3O3S. The van der Waals surface area contributed by atoms with Crippen LogP contribution in [-0.2, 0) is 4.79 Å². The van der Waals surface area contributed by atoms with Crippen LogP contribution in [0.15, 0.2) is 52.9 Å². The zero-order valence-corrected chi connectivity index (χ0v) is 18.2. The van der Waals surface area contributed by atoms with Crippen molar-refractivity contribution < 1.29 is 14.0 Å². The molecule has 0 radical (unpaired) electrons. The van der Waals surface area contributed by atoms with Gasteiger partial charge in [-0.15, -0.1) is 11.3 Å². The van der Waals surface area contributed by atoms with Gasteiger partial charge >= 0.3 is 0 Å². The molecule has 6 nitrogen and oxygen atoms in total.